The van der Waals surface area contributed by atoms with Crippen LogP contribution in [0.4, 0.5) is 0 Å². The van der Waals surface area contributed by atoms with Crippen LogP contribution in [-0.2, 0) is 0 Å². The predicted molar refractivity (Wildman–Crippen MR) is 105 cm³/mol. The van der Waals surface area contributed by atoms with Gasteiger partial charge in [-0.05, 0) is 76.8 Å². The van der Waals surface area contributed by atoms with E-state index in [1.807, 2.05) is 0 Å². The predicted octanol–water partition coefficient (Wildman–Crippen LogP) is 6.77. The number of hydrogen-bond donors (Lipinski definition) is 0. The molecule has 1 saturated carbocycles. The van der Waals surface area contributed by atoms with Gasteiger partial charge in [-0.25, -0.2) is 0 Å². The van der Waals surface area contributed by atoms with Gasteiger partial charge in [0.05, 0.1) is 0 Å². The van der Waals surface area contributed by atoms with Crippen LogP contribution in [0.15, 0.2) is 0 Å². The van der Waals surface area contributed by atoms with Gasteiger partial charge in [-0.2, -0.15) is 0 Å². The molecule has 1 heteroatoms. The van der Waals surface area contributed by atoms with Crippen LogP contribution in [0, 0.1) is 23.2 Å². The Morgan fingerprint density at radius 1 is 0.957 bits per heavy atom. The van der Waals surface area contributed by atoms with E-state index in [2.05, 4.69) is 60.5 Å². The zero-order valence-corrected chi connectivity index (χ0v) is 17.5. The summed E-state index contributed by atoms with van der Waals surface area (Å²) >= 11 is 0. The Hall–Kier alpha value is -0.0400. The van der Waals surface area contributed by atoms with E-state index in [0.717, 1.165) is 17.8 Å². The smallest absolute Gasteiger partial charge is 0.0150 e. The van der Waals surface area contributed by atoms with Crippen LogP contribution >= 0.6 is 0 Å². The van der Waals surface area contributed by atoms with Crippen molar-refractivity contribution in [3.05, 3.63) is 0 Å². The van der Waals surface area contributed by atoms with Crippen molar-refractivity contribution in [2.75, 3.05) is 14.1 Å². The number of nitrogens with zero attached hydrogens (tertiary/aromatic N) is 1. The van der Waals surface area contributed by atoms with Crippen molar-refractivity contribution in [3.8, 4) is 0 Å². The fraction of sp³-hybridized carbons (Fsp3) is 1.00. The zero-order valence-electron chi connectivity index (χ0n) is 17.5. The molecule has 0 saturated heterocycles. The maximum atomic E-state index is 2.50. The first-order valence-electron chi connectivity index (χ1n) is 10.2. The first-order chi connectivity index (χ1) is 10.6. The third kappa shape index (κ3) is 7.16. The molecule has 0 spiro atoms. The second-order valence-electron chi connectivity index (χ2n) is 10.2. The van der Waals surface area contributed by atoms with Gasteiger partial charge < -0.3 is 4.90 Å². The minimum atomic E-state index is 0.305. The third-order valence-corrected chi connectivity index (χ3v) is 6.78. The van der Waals surface area contributed by atoms with Crippen molar-refractivity contribution in [1.82, 2.24) is 4.90 Å². The molecule has 2 unspecified atom stereocenters. The minimum absolute atomic E-state index is 0.305. The molecule has 0 aliphatic heterocycles. The summed E-state index contributed by atoms with van der Waals surface area (Å²) in [5, 5.41) is 0. The molecule has 0 aromatic carbocycles. The summed E-state index contributed by atoms with van der Waals surface area (Å²) in [6, 6.07) is 0. The van der Waals surface area contributed by atoms with Crippen LogP contribution in [0.1, 0.15) is 99.3 Å². The number of rotatable bonds is 5. The molecule has 138 valence electrons. The van der Waals surface area contributed by atoms with E-state index in [0.29, 0.717) is 11.0 Å². The Bertz CT molecular complexity index is 327. The second-order valence-corrected chi connectivity index (χ2v) is 10.2. The van der Waals surface area contributed by atoms with Crippen molar-refractivity contribution in [3.63, 3.8) is 0 Å². The van der Waals surface area contributed by atoms with Gasteiger partial charge in [0.2, 0.25) is 0 Å². The SMILES string of the molecule is CC(C)C(CC(C)(C)N(C)C)C1CCCCCCC(C)(C)CC1. The Morgan fingerprint density at radius 3 is 2.13 bits per heavy atom. The van der Waals surface area contributed by atoms with Crippen molar-refractivity contribution in [2.24, 2.45) is 23.2 Å². The van der Waals surface area contributed by atoms with Gasteiger partial charge in [0.1, 0.15) is 0 Å². The van der Waals surface area contributed by atoms with Crippen LogP contribution in [-0.4, -0.2) is 24.5 Å². The largest absolute Gasteiger partial charge is 0.304 e. The van der Waals surface area contributed by atoms with Crippen LogP contribution in [0.25, 0.3) is 0 Å². The van der Waals surface area contributed by atoms with Crippen LogP contribution < -0.4 is 0 Å². The molecule has 1 nitrogen and oxygen atoms in total. The van der Waals surface area contributed by atoms with Crippen molar-refractivity contribution < 1.29 is 0 Å². The molecule has 0 N–H and O–H groups in total. The summed E-state index contributed by atoms with van der Waals surface area (Å²) in [4.78, 5) is 2.42. The second kappa shape index (κ2) is 8.88. The fourth-order valence-electron chi connectivity index (χ4n) is 4.34. The molecule has 2 atom stereocenters. The summed E-state index contributed by atoms with van der Waals surface area (Å²) in [6.07, 6.45) is 12.9. The van der Waals surface area contributed by atoms with Gasteiger partial charge in [0.25, 0.3) is 0 Å². The molecule has 0 radical (unpaired) electrons. The summed E-state index contributed by atoms with van der Waals surface area (Å²) in [7, 11) is 4.49. The molecule has 23 heavy (non-hydrogen) atoms. The molecule has 0 aromatic rings. The fourth-order valence-corrected chi connectivity index (χ4v) is 4.34. The van der Waals surface area contributed by atoms with Gasteiger partial charge >= 0.3 is 0 Å². The molecule has 0 amide bonds. The minimum Gasteiger partial charge on any atom is -0.304 e. The maximum absolute atomic E-state index is 2.50. The quantitative estimate of drug-likeness (QED) is 0.540. The molecule has 1 rings (SSSR count). The van der Waals surface area contributed by atoms with E-state index in [-0.39, 0.29) is 0 Å². The van der Waals surface area contributed by atoms with E-state index in [9.17, 15) is 0 Å². The van der Waals surface area contributed by atoms with Crippen molar-refractivity contribution in [2.45, 2.75) is 105 Å². The highest BCUT2D eigenvalue weighted by Crippen LogP contribution is 2.41. The van der Waals surface area contributed by atoms with Gasteiger partial charge in [-0.15, -0.1) is 0 Å². The highest BCUT2D eigenvalue weighted by Gasteiger charge is 2.33. The molecule has 0 bridgehead atoms. The van der Waals surface area contributed by atoms with Crippen molar-refractivity contribution in [1.29, 1.82) is 0 Å². The van der Waals surface area contributed by atoms with Crippen LogP contribution in [0.5, 0.6) is 0 Å². The van der Waals surface area contributed by atoms with E-state index in [1.165, 1.54) is 57.8 Å². The Morgan fingerprint density at radius 2 is 1.57 bits per heavy atom. The zero-order chi connectivity index (χ0) is 17.7. The highest BCUT2D eigenvalue weighted by molar-refractivity contribution is 4.86. The molecular formula is C22H45N. The van der Waals surface area contributed by atoms with Gasteiger partial charge in [0, 0.05) is 5.54 Å². The number of hydrogen-bond acceptors (Lipinski definition) is 1. The first-order valence-corrected chi connectivity index (χ1v) is 10.2. The lowest BCUT2D eigenvalue weighted by molar-refractivity contribution is 0.0923. The van der Waals surface area contributed by atoms with Crippen LogP contribution in [0.2, 0.25) is 0 Å². The lowest BCUT2D eigenvalue weighted by atomic mass is 9.69. The third-order valence-electron chi connectivity index (χ3n) is 6.78. The molecule has 0 aromatic heterocycles. The molecule has 1 fully saturated rings. The highest BCUT2D eigenvalue weighted by atomic mass is 15.1. The lowest BCUT2D eigenvalue weighted by Crippen LogP contribution is -2.42. The average molecular weight is 324 g/mol. The Labute approximate surface area is 147 Å². The lowest BCUT2D eigenvalue weighted by Gasteiger charge is -2.41. The summed E-state index contributed by atoms with van der Waals surface area (Å²) in [5.41, 5.74) is 0.855. The monoisotopic (exact) mass is 323 g/mol. The van der Waals surface area contributed by atoms with Crippen LogP contribution in [0.3, 0.4) is 0 Å². The normalized spacial score (nSPS) is 25.6. The van der Waals surface area contributed by atoms with Gasteiger partial charge in [-0.3, -0.25) is 0 Å². The van der Waals surface area contributed by atoms with E-state index in [1.54, 1.807) is 0 Å². The first kappa shape index (κ1) is 21.0. The van der Waals surface area contributed by atoms with Gasteiger partial charge in [-0.1, -0.05) is 59.8 Å². The van der Waals surface area contributed by atoms with E-state index >= 15 is 0 Å². The summed E-state index contributed by atoms with van der Waals surface area (Å²) < 4.78 is 0. The Balaban J connectivity index is 2.84. The van der Waals surface area contributed by atoms with Crippen molar-refractivity contribution >= 4 is 0 Å². The van der Waals surface area contributed by atoms with E-state index < -0.39 is 0 Å². The summed E-state index contributed by atoms with van der Waals surface area (Å²) in [5.74, 6) is 2.58. The maximum Gasteiger partial charge on any atom is 0.0150 e. The Kier molecular flexibility index (Phi) is 8.11. The standard InChI is InChI=1S/C22H45N/c1-18(2)20(17-22(5,6)23(7)8)19-13-11-9-10-12-15-21(3,4)16-14-19/h18-20H,9-17H2,1-8H3. The molecule has 0 heterocycles. The topological polar surface area (TPSA) is 3.24 Å². The average Bonchev–Trinajstić information content (AvgIpc) is 2.43. The molecule has 1 aliphatic carbocycles. The summed E-state index contributed by atoms with van der Waals surface area (Å²) in [6.45, 7) is 14.8. The van der Waals surface area contributed by atoms with E-state index in [4.69, 9.17) is 0 Å². The molecular weight excluding hydrogens is 278 g/mol. The molecule has 1 aliphatic rings. The van der Waals surface area contributed by atoms with Gasteiger partial charge in [0.15, 0.2) is 0 Å².